The van der Waals surface area contributed by atoms with Crippen LogP contribution in [-0.4, -0.2) is 41.4 Å². The standard InChI is InChI=1S/C11H20N2OS/c1-11(7-12)4-5-13(8-11)10(14)9-3-2-6-15-9/h9H,2-8,12H2,1H3. The number of amides is 1. The van der Waals surface area contributed by atoms with Gasteiger partial charge in [0.15, 0.2) is 0 Å². The fraction of sp³-hybridized carbons (Fsp3) is 0.909. The van der Waals surface area contributed by atoms with E-state index in [2.05, 4.69) is 6.92 Å². The zero-order chi connectivity index (χ0) is 10.9. The van der Waals surface area contributed by atoms with Gasteiger partial charge in [0.1, 0.15) is 0 Å². The van der Waals surface area contributed by atoms with Crippen LogP contribution >= 0.6 is 11.8 Å². The molecule has 2 heterocycles. The molecule has 2 saturated heterocycles. The first-order valence-electron chi connectivity index (χ1n) is 5.75. The average molecular weight is 228 g/mol. The van der Waals surface area contributed by atoms with Crippen LogP contribution in [0.5, 0.6) is 0 Å². The zero-order valence-electron chi connectivity index (χ0n) is 9.37. The quantitative estimate of drug-likeness (QED) is 0.769. The molecule has 0 radical (unpaired) electrons. The number of hydrogen-bond donors (Lipinski definition) is 1. The van der Waals surface area contributed by atoms with Gasteiger partial charge in [-0.05, 0) is 37.0 Å². The van der Waals surface area contributed by atoms with E-state index in [1.807, 2.05) is 16.7 Å². The van der Waals surface area contributed by atoms with Crippen molar-refractivity contribution in [3.05, 3.63) is 0 Å². The van der Waals surface area contributed by atoms with Gasteiger partial charge in [-0.15, -0.1) is 11.8 Å². The van der Waals surface area contributed by atoms with Gasteiger partial charge in [-0.1, -0.05) is 6.92 Å². The maximum atomic E-state index is 12.1. The molecule has 0 aromatic carbocycles. The molecule has 0 aliphatic carbocycles. The molecule has 2 rings (SSSR count). The van der Waals surface area contributed by atoms with Gasteiger partial charge in [-0.25, -0.2) is 0 Å². The Bertz CT molecular complexity index is 253. The third-order valence-corrected chi connectivity index (χ3v) is 4.93. The average Bonchev–Trinajstić information content (AvgIpc) is 2.86. The number of rotatable bonds is 2. The molecular weight excluding hydrogens is 208 g/mol. The van der Waals surface area contributed by atoms with Crippen molar-refractivity contribution in [1.82, 2.24) is 4.90 Å². The molecule has 0 spiro atoms. The van der Waals surface area contributed by atoms with E-state index in [9.17, 15) is 4.79 Å². The Kier molecular flexibility index (Phi) is 3.26. The Morgan fingerprint density at radius 2 is 2.47 bits per heavy atom. The van der Waals surface area contributed by atoms with Crippen LogP contribution in [0.4, 0.5) is 0 Å². The van der Waals surface area contributed by atoms with Gasteiger partial charge >= 0.3 is 0 Å². The van der Waals surface area contributed by atoms with Gasteiger partial charge < -0.3 is 10.6 Å². The van der Waals surface area contributed by atoms with Crippen LogP contribution < -0.4 is 5.73 Å². The highest BCUT2D eigenvalue weighted by atomic mass is 32.2. The highest BCUT2D eigenvalue weighted by molar-refractivity contribution is 8.00. The Morgan fingerprint density at radius 1 is 1.67 bits per heavy atom. The van der Waals surface area contributed by atoms with E-state index < -0.39 is 0 Å². The predicted molar refractivity (Wildman–Crippen MR) is 63.8 cm³/mol. The highest BCUT2D eigenvalue weighted by Crippen LogP contribution is 2.33. The van der Waals surface area contributed by atoms with Crippen LogP contribution in [0, 0.1) is 5.41 Å². The third-order valence-electron chi connectivity index (χ3n) is 3.57. The maximum Gasteiger partial charge on any atom is 0.235 e. The molecule has 0 aromatic rings. The van der Waals surface area contributed by atoms with E-state index >= 15 is 0 Å². The fourth-order valence-corrected chi connectivity index (χ4v) is 3.60. The largest absolute Gasteiger partial charge is 0.341 e. The van der Waals surface area contributed by atoms with Gasteiger partial charge in [-0.2, -0.15) is 0 Å². The number of likely N-dealkylation sites (tertiary alicyclic amines) is 1. The molecule has 2 unspecified atom stereocenters. The summed E-state index contributed by atoms with van der Waals surface area (Å²) in [5.74, 6) is 1.51. The summed E-state index contributed by atoms with van der Waals surface area (Å²) in [6.45, 7) is 4.64. The molecule has 86 valence electrons. The van der Waals surface area contributed by atoms with Crippen LogP contribution in [0.2, 0.25) is 0 Å². The van der Waals surface area contributed by atoms with Gasteiger partial charge in [0, 0.05) is 13.1 Å². The van der Waals surface area contributed by atoms with Gasteiger partial charge in [0.05, 0.1) is 5.25 Å². The van der Waals surface area contributed by atoms with E-state index in [1.165, 1.54) is 6.42 Å². The summed E-state index contributed by atoms with van der Waals surface area (Å²) < 4.78 is 0. The van der Waals surface area contributed by atoms with Crippen molar-refractivity contribution >= 4 is 17.7 Å². The number of hydrogen-bond acceptors (Lipinski definition) is 3. The zero-order valence-corrected chi connectivity index (χ0v) is 10.2. The van der Waals surface area contributed by atoms with Crippen molar-refractivity contribution in [1.29, 1.82) is 0 Å². The monoisotopic (exact) mass is 228 g/mol. The van der Waals surface area contributed by atoms with E-state index in [1.54, 1.807) is 0 Å². The molecular formula is C11H20N2OS. The first-order valence-corrected chi connectivity index (χ1v) is 6.80. The van der Waals surface area contributed by atoms with Gasteiger partial charge in [0.25, 0.3) is 0 Å². The van der Waals surface area contributed by atoms with Crippen molar-refractivity contribution in [2.24, 2.45) is 11.1 Å². The van der Waals surface area contributed by atoms with Crippen LogP contribution in [-0.2, 0) is 4.79 Å². The molecule has 1 amide bonds. The summed E-state index contributed by atoms with van der Waals surface area (Å²) in [4.78, 5) is 14.1. The topological polar surface area (TPSA) is 46.3 Å². The van der Waals surface area contributed by atoms with E-state index in [-0.39, 0.29) is 10.7 Å². The van der Waals surface area contributed by atoms with Gasteiger partial charge in [-0.3, -0.25) is 4.79 Å². The third kappa shape index (κ3) is 2.31. The fourth-order valence-electron chi connectivity index (χ4n) is 2.35. The molecule has 0 aromatic heterocycles. The van der Waals surface area contributed by atoms with E-state index in [4.69, 9.17) is 5.73 Å². The smallest absolute Gasteiger partial charge is 0.235 e. The number of nitrogens with zero attached hydrogens (tertiary/aromatic N) is 1. The lowest BCUT2D eigenvalue weighted by atomic mass is 9.90. The van der Waals surface area contributed by atoms with Crippen molar-refractivity contribution in [3.8, 4) is 0 Å². The van der Waals surface area contributed by atoms with Crippen LogP contribution in [0.3, 0.4) is 0 Å². The lowest BCUT2D eigenvalue weighted by Gasteiger charge is -2.24. The lowest BCUT2D eigenvalue weighted by molar-refractivity contribution is -0.129. The van der Waals surface area contributed by atoms with Crippen molar-refractivity contribution in [3.63, 3.8) is 0 Å². The first kappa shape index (κ1) is 11.3. The summed E-state index contributed by atoms with van der Waals surface area (Å²) in [6.07, 6.45) is 3.33. The lowest BCUT2D eigenvalue weighted by Crippen LogP contribution is -2.38. The van der Waals surface area contributed by atoms with Crippen molar-refractivity contribution in [2.75, 3.05) is 25.4 Å². The van der Waals surface area contributed by atoms with E-state index in [0.717, 1.165) is 31.7 Å². The Balaban J connectivity index is 1.92. The molecule has 4 heteroatoms. The Labute approximate surface area is 95.8 Å². The molecule has 3 nitrogen and oxygen atoms in total. The van der Waals surface area contributed by atoms with Crippen LogP contribution in [0.1, 0.15) is 26.2 Å². The molecule has 0 saturated carbocycles. The van der Waals surface area contributed by atoms with Crippen LogP contribution in [0.25, 0.3) is 0 Å². The number of carbonyl (C=O) groups excluding carboxylic acids is 1. The van der Waals surface area contributed by atoms with Crippen molar-refractivity contribution < 1.29 is 4.79 Å². The van der Waals surface area contributed by atoms with Crippen molar-refractivity contribution in [2.45, 2.75) is 31.4 Å². The molecule has 2 N–H and O–H groups in total. The number of carbonyl (C=O) groups is 1. The second kappa shape index (κ2) is 4.34. The minimum absolute atomic E-state index is 0.166. The summed E-state index contributed by atoms with van der Waals surface area (Å²) in [5, 5.41) is 0.241. The van der Waals surface area contributed by atoms with E-state index in [0.29, 0.717) is 12.5 Å². The molecule has 15 heavy (non-hydrogen) atoms. The molecule has 2 aliphatic rings. The highest BCUT2D eigenvalue weighted by Gasteiger charge is 2.37. The summed E-state index contributed by atoms with van der Waals surface area (Å²) in [6, 6.07) is 0. The second-order valence-corrected chi connectivity index (χ2v) is 6.34. The summed E-state index contributed by atoms with van der Waals surface area (Å²) in [7, 11) is 0. The normalized spacial score (nSPS) is 36.1. The first-order chi connectivity index (χ1) is 7.14. The summed E-state index contributed by atoms with van der Waals surface area (Å²) in [5.41, 5.74) is 5.91. The molecule has 2 atom stereocenters. The van der Waals surface area contributed by atoms with Crippen LogP contribution in [0.15, 0.2) is 0 Å². The Hall–Kier alpha value is -0.220. The summed E-state index contributed by atoms with van der Waals surface area (Å²) >= 11 is 1.82. The Morgan fingerprint density at radius 3 is 3.00 bits per heavy atom. The molecule has 2 aliphatic heterocycles. The number of thioether (sulfide) groups is 1. The predicted octanol–water partition coefficient (Wildman–Crippen LogP) is 1.08. The number of nitrogens with two attached hydrogens (primary N) is 1. The minimum Gasteiger partial charge on any atom is -0.341 e. The minimum atomic E-state index is 0.166. The maximum absolute atomic E-state index is 12.1. The molecule has 2 fully saturated rings. The SMILES string of the molecule is CC1(CN)CCN(C(=O)C2CCCS2)C1. The second-order valence-electron chi connectivity index (χ2n) is 5.03. The van der Waals surface area contributed by atoms with Gasteiger partial charge in [0.2, 0.25) is 5.91 Å². The molecule has 0 bridgehead atoms.